The van der Waals surface area contributed by atoms with Crippen molar-refractivity contribution in [2.75, 3.05) is 0 Å². The van der Waals surface area contributed by atoms with Crippen LogP contribution in [0.25, 0.3) is 11.3 Å². The van der Waals surface area contributed by atoms with Gasteiger partial charge in [0.2, 0.25) is 0 Å². The number of carbonyl (C=O) groups is 1. The average Bonchev–Trinajstić information content (AvgIpc) is 2.71. The van der Waals surface area contributed by atoms with Crippen LogP contribution in [0.3, 0.4) is 0 Å². The van der Waals surface area contributed by atoms with E-state index in [9.17, 15) is 18.7 Å². The summed E-state index contributed by atoms with van der Waals surface area (Å²) < 4.78 is 26.2. The van der Waals surface area contributed by atoms with E-state index < -0.39 is 12.4 Å². The normalized spacial score (nSPS) is 10.9. The summed E-state index contributed by atoms with van der Waals surface area (Å²) in [6, 6.07) is 4.69. The summed E-state index contributed by atoms with van der Waals surface area (Å²) in [6.07, 6.45) is -2.68. The smallest absolute Gasteiger partial charge is 0.356 e. The predicted molar refractivity (Wildman–Crippen MR) is 62.2 cm³/mol. The number of halogens is 2. The van der Waals surface area contributed by atoms with Gasteiger partial charge in [0.1, 0.15) is 5.75 Å². The van der Waals surface area contributed by atoms with Crippen LogP contribution < -0.4 is 0 Å². The van der Waals surface area contributed by atoms with Crippen LogP contribution in [0.1, 0.15) is 22.5 Å². The Bertz CT molecular complexity index is 638. The van der Waals surface area contributed by atoms with Crippen LogP contribution in [-0.2, 0) is 7.05 Å². The standard InChI is InChI=1S/C12H10F2N2O3/c1-16-9(5-8(15-16)12(18)19)7-3-2-6(11(13)14)4-10(7)17/h2-5,11,17H,1H3,(H,18,19). The van der Waals surface area contributed by atoms with E-state index in [-0.39, 0.29) is 22.6 Å². The number of rotatable bonds is 3. The molecule has 0 saturated heterocycles. The van der Waals surface area contributed by atoms with Gasteiger partial charge in [-0.1, -0.05) is 6.07 Å². The van der Waals surface area contributed by atoms with Gasteiger partial charge < -0.3 is 10.2 Å². The molecule has 0 unspecified atom stereocenters. The molecule has 0 aliphatic rings. The van der Waals surface area contributed by atoms with Crippen molar-refractivity contribution in [2.24, 2.45) is 7.05 Å². The highest BCUT2D eigenvalue weighted by atomic mass is 19.3. The third kappa shape index (κ3) is 2.40. The summed E-state index contributed by atoms with van der Waals surface area (Å²) in [5.41, 5.74) is 0.0827. The molecule has 0 aliphatic carbocycles. The quantitative estimate of drug-likeness (QED) is 0.896. The highest BCUT2D eigenvalue weighted by molar-refractivity contribution is 5.87. The Morgan fingerprint density at radius 1 is 1.37 bits per heavy atom. The molecule has 0 atom stereocenters. The number of phenols is 1. The Labute approximate surface area is 106 Å². The van der Waals surface area contributed by atoms with Crippen LogP contribution in [0, 0.1) is 0 Å². The number of benzene rings is 1. The zero-order chi connectivity index (χ0) is 14.2. The maximum atomic E-state index is 12.5. The fourth-order valence-corrected chi connectivity index (χ4v) is 1.72. The van der Waals surface area contributed by atoms with Crippen LogP contribution in [0.5, 0.6) is 5.75 Å². The van der Waals surface area contributed by atoms with Crippen molar-refractivity contribution in [3.8, 4) is 17.0 Å². The lowest BCUT2D eigenvalue weighted by Crippen LogP contribution is -1.99. The lowest BCUT2D eigenvalue weighted by molar-refractivity contribution is 0.0689. The largest absolute Gasteiger partial charge is 0.507 e. The lowest BCUT2D eigenvalue weighted by atomic mass is 10.1. The number of carboxylic acid groups (broad SMARTS) is 1. The Kier molecular flexibility index (Phi) is 3.20. The van der Waals surface area contributed by atoms with Gasteiger partial charge in [-0.2, -0.15) is 5.10 Å². The van der Waals surface area contributed by atoms with E-state index in [0.717, 1.165) is 6.07 Å². The number of nitrogens with zero attached hydrogens (tertiary/aromatic N) is 2. The number of alkyl halides is 2. The van der Waals surface area contributed by atoms with Crippen LogP contribution in [0.2, 0.25) is 0 Å². The van der Waals surface area contributed by atoms with E-state index in [1.165, 1.54) is 29.9 Å². The number of aromatic carboxylic acids is 1. The van der Waals surface area contributed by atoms with Gasteiger partial charge in [0.05, 0.1) is 5.69 Å². The summed E-state index contributed by atoms with van der Waals surface area (Å²) in [4.78, 5) is 10.8. The number of phenolic OH excluding ortho intramolecular Hbond substituents is 1. The summed E-state index contributed by atoms with van der Waals surface area (Å²) in [5, 5.41) is 22.3. The van der Waals surface area contributed by atoms with Crippen molar-refractivity contribution in [1.29, 1.82) is 0 Å². The summed E-state index contributed by atoms with van der Waals surface area (Å²) >= 11 is 0. The molecule has 1 aromatic heterocycles. The van der Waals surface area contributed by atoms with Gasteiger partial charge in [0.15, 0.2) is 5.69 Å². The maximum Gasteiger partial charge on any atom is 0.356 e. The Morgan fingerprint density at radius 2 is 2.05 bits per heavy atom. The molecule has 2 N–H and O–H groups in total. The summed E-state index contributed by atoms with van der Waals surface area (Å²) in [6.45, 7) is 0. The molecular weight excluding hydrogens is 258 g/mol. The van der Waals surface area contributed by atoms with E-state index >= 15 is 0 Å². The van der Waals surface area contributed by atoms with Gasteiger partial charge in [-0.3, -0.25) is 4.68 Å². The molecule has 2 rings (SSSR count). The minimum atomic E-state index is -2.68. The molecule has 100 valence electrons. The number of aryl methyl sites for hydroxylation is 1. The van der Waals surface area contributed by atoms with Crippen molar-refractivity contribution < 1.29 is 23.8 Å². The van der Waals surface area contributed by atoms with Gasteiger partial charge in [-0.15, -0.1) is 0 Å². The third-order valence-corrected chi connectivity index (χ3v) is 2.65. The van der Waals surface area contributed by atoms with Crippen LogP contribution in [0.15, 0.2) is 24.3 Å². The summed E-state index contributed by atoms with van der Waals surface area (Å²) in [5.74, 6) is -1.55. The van der Waals surface area contributed by atoms with Crippen molar-refractivity contribution in [3.05, 3.63) is 35.5 Å². The SMILES string of the molecule is Cn1nc(C(=O)O)cc1-c1ccc(C(F)F)cc1O. The molecule has 2 aromatic rings. The van der Waals surface area contributed by atoms with Gasteiger partial charge in [-0.25, -0.2) is 13.6 Å². The van der Waals surface area contributed by atoms with E-state index in [1.54, 1.807) is 0 Å². The summed E-state index contributed by atoms with van der Waals surface area (Å²) in [7, 11) is 1.50. The number of hydrogen-bond acceptors (Lipinski definition) is 3. The minimum Gasteiger partial charge on any atom is -0.507 e. The predicted octanol–water partition coefficient (Wildman–Crippen LogP) is 2.43. The minimum absolute atomic E-state index is 0.185. The van der Waals surface area contributed by atoms with Gasteiger partial charge >= 0.3 is 5.97 Å². The Balaban J connectivity index is 2.50. The molecule has 0 saturated carbocycles. The van der Waals surface area contributed by atoms with Crippen LogP contribution in [-0.4, -0.2) is 26.0 Å². The zero-order valence-corrected chi connectivity index (χ0v) is 9.84. The molecule has 0 spiro atoms. The number of aromatic nitrogens is 2. The highest BCUT2D eigenvalue weighted by Crippen LogP contribution is 2.32. The first kappa shape index (κ1) is 13.0. The molecule has 7 heteroatoms. The second-order valence-electron chi connectivity index (χ2n) is 3.92. The van der Waals surface area contributed by atoms with E-state index in [4.69, 9.17) is 5.11 Å². The molecule has 5 nitrogen and oxygen atoms in total. The topological polar surface area (TPSA) is 75.4 Å². The number of aromatic hydroxyl groups is 1. The monoisotopic (exact) mass is 268 g/mol. The number of carboxylic acids is 1. The van der Waals surface area contributed by atoms with Gasteiger partial charge in [0.25, 0.3) is 6.43 Å². The molecule has 1 aromatic carbocycles. The third-order valence-electron chi connectivity index (χ3n) is 2.65. The van der Waals surface area contributed by atoms with E-state index in [2.05, 4.69) is 5.10 Å². The fraction of sp³-hybridized carbons (Fsp3) is 0.167. The highest BCUT2D eigenvalue weighted by Gasteiger charge is 2.17. The molecule has 0 amide bonds. The molecule has 0 aliphatic heterocycles. The van der Waals surface area contributed by atoms with Gasteiger partial charge in [-0.05, 0) is 18.2 Å². The fourth-order valence-electron chi connectivity index (χ4n) is 1.72. The second-order valence-corrected chi connectivity index (χ2v) is 3.92. The molecule has 0 radical (unpaired) electrons. The molecular formula is C12H10F2N2O3. The average molecular weight is 268 g/mol. The maximum absolute atomic E-state index is 12.5. The number of hydrogen-bond donors (Lipinski definition) is 2. The first-order valence-corrected chi connectivity index (χ1v) is 5.29. The van der Waals surface area contributed by atoms with Crippen molar-refractivity contribution in [3.63, 3.8) is 0 Å². The van der Waals surface area contributed by atoms with Crippen molar-refractivity contribution >= 4 is 5.97 Å². The molecule has 19 heavy (non-hydrogen) atoms. The first-order chi connectivity index (χ1) is 8.90. The lowest BCUT2D eigenvalue weighted by Gasteiger charge is -2.07. The van der Waals surface area contributed by atoms with Crippen molar-refractivity contribution in [2.45, 2.75) is 6.43 Å². The van der Waals surface area contributed by atoms with Gasteiger partial charge in [0, 0.05) is 18.2 Å². The molecule has 0 fully saturated rings. The van der Waals surface area contributed by atoms with Crippen molar-refractivity contribution in [1.82, 2.24) is 9.78 Å². The zero-order valence-electron chi connectivity index (χ0n) is 9.84. The molecule has 0 bridgehead atoms. The Morgan fingerprint density at radius 3 is 2.53 bits per heavy atom. The Hall–Kier alpha value is -2.44. The van der Waals surface area contributed by atoms with Crippen LogP contribution >= 0.6 is 0 Å². The first-order valence-electron chi connectivity index (χ1n) is 5.29. The van der Waals surface area contributed by atoms with Crippen LogP contribution in [0.4, 0.5) is 8.78 Å². The molecule has 1 heterocycles. The second kappa shape index (κ2) is 4.68. The van der Waals surface area contributed by atoms with E-state index in [0.29, 0.717) is 5.69 Å². The van der Waals surface area contributed by atoms with E-state index in [1.807, 2.05) is 0 Å².